The van der Waals surface area contributed by atoms with Crippen LogP contribution < -0.4 is 4.90 Å². The largest absolute Gasteiger partial charge is 0.369 e. The summed E-state index contributed by atoms with van der Waals surface area (Å²) in [6, 6.07) is 2.06. The highest BCUT2D eigenvalue weighted by molar-refractivity contribution is 5.81. The van der Waals surface area contributed by atoms with Crippen LogP contribution in [0.25, 0.3) is 0 Å². The normalized spacial score (nSPS) is 21.0. The molecule has 1 unspecified atom stereocenters. The number of aryl methyl sites for hydroxylation is 1. The van der Waals surface area contributed by atoms with Crippen LogP contribution in [0.3, 0.4) is 0 Å². The number of rotatable bonds is 2. The first kappa shape index (κ1) is 19.5. The fourth-order valence-corrected chi connectivity index (χ4v) is 4.09. The summed E-state index contributed by atoms with van der Waals surface area (Å²) in [5.41, 5.74) is 2.38. The second-order valence-corrected chi connectivity index (χ2v) is 7.79. The minimum Gasteiger partial charge on any atom is -0.369 e. The van der Waals surface area contributed by atoms with Crippen molar-refractivity contribution < 1.29 is 9.59 Å². The SMILES string of the molecule is Cc1cnccc1N1CCCN(C(=O)C2CCCN(C(=O)N(C)C)C2)CC1. The molecule has 0 aliphatic carbocycles. The van der Waals surface area contributed by atoms with Crippen LogP contribution in [0.5, 0.6) is 0 Å². The number of carbonyl (C=O) groups excluding carboxylic acids is 2. The van der Waals surface area contributed by atoms with Crippen LogP contribution in [0.15, 0.2) is 18.5 Å². The summed E-state index contributed by atoms with van der Waals surface area (Å²) >= 11 is 0. The van der Waals surface area contributed by atoms with Crippen molar-refractivity contribution in [3.63, 3.8) is 0 Å². The summed E-state index contributed by atoms with van der Waals surface area (Å²) in [5.74, 6) is 0.136. The van der Waals surface area contributed by atoms with Crippen LogP contribution in [-0.2, 0) is 4.79 Å². The first-order valence-electron chi connectivity index (χ1n) is 9.88. The molecule has 3 heterocycles. The van der Waals surface area contributed by atoms with E-state index in [1.54, 1.807) is 19.0 Å². The molecule has 1 aromatic heterocycles. The van der Waals surface area contributed by atoms with Crippen molar-refractivity contribution >= 4 is 17.6 Å². The third-order valence-corrected chi connectivity index (χ3v) is 5.56. The first-order chi connectivity index (χ1) is 13.0. The van der Waals surface area contributed by atoms with E-state index in [1.807, 2.05) is 22.2 Å². The van der Waals surface area contributed by atoms with E-state index in [0.717, 1.165) is 52.0 Å². The molecule has 0 bridgehead atoms. The molecular formula is C20H31N5O2. The fourth-order valence-electron chi connectivity index (χ4n) is 4.09. The Morgan fingerprint density at radius 3 is 2.59 bits per heavy atom. The smallest absolute Gasteiger partial charge is 0.319 e. The predicted molar refractivity (Wildman–Crippen MR) is 106 cm³/mol. The van der Waals surface area contributed by atoms with Crippen molar-refractivity contribution in [3.8, 4) is 0 Å². The molecule has 3 rings (SSSR count). The summed E-state index contributed by atoms with van der Waals surface area (Å²) in [7, 11) is 3.52. The Kier molecular flexibility index (Phi) is 6.19. The van der Waals surface area contributed by atoms with Crippen LogP contribution in [0.4, 0.5) is 10.5 Å². The zero-order valence-electron chi connectivity index (χ0n) is 16.7. The van der Waals surface area contributed by atoms with Crippen molar-refractivity contribution in [1.29, 1.82) is 0 Å². The Labute approximate surface area is 161 Å². The van der Waals surface area contributed by atoms with Crippen LogP contribution >= 0.6 is 0 Å². The van der Waals surface area contributed by atoms with Gasteiger partial charge >= 0.3 is 6.03 Å². The van der Waals surface area contributed by atoms with E-state index >= 15 is 0 Å². The fraction of sp³-hybridized carbons (Fsp3) is 0.650. The third-order valence-electron chi connectivity index (χ3n) is 5.56. The molecule has 0 spiro atoms. The van der Waals surface area contributed by atoms with E-state index < -0.39 is 0 Å². The quantitative estimate of drug-likeness (QED) is 0.793. The van der Waals surface area contributed by atoms with Gasteiger partial charge in [-0.15, -0.1) is 0 Å². The number of urea groups is 1. The number of hydrogen-bond acceptors (Lipinski definition) is 4. The summed E-state index contributed by atoms with van der Waals surface area (Å²) in [6.07, 6.45) is 6.45. The minimum absolute atomic E-state index is 0.00250. The van der Waals surface area contributed by atoms with Gasteiger partial charge in [0.05, 0.1) is 5.92 Å². The van der Waals surface area contributed by atoms with Gasteiger partial charge in [0.2, 0.25) is 5.91 Å². The van der Waals surface area contributed by atoms with Crippen LogP contribution in [-0.4, -0.2) is 85.0 Å². The monoisotopic (exact) mass is 373 g/mol. The molecule has 3 amide bonds. The number of amides is 3. The molecule has 1 aromatic rings. The van der Waals surface area contributed by atoms with Crippen molar-refractivity contribution in [2.24, 2.45) is 5.92 Å². The lowest BCUT2D eigenvalue weighted by Gasteiger charge is -2.36. The first-order valence-corrected chi connectivity index (χ1v) is 9.88. The van der Waals surface area contributed by atoms with Gasteiger partial charge < -0.3 is 19.6 Å². The number of likely N-dealkylation sites (tertiary alicyclic amines) is 1. The van der Waals surface area contributed by atoms with Crippen LogP contribution in [0, 0.1) is 12.8 Å². The summed E-state index contributed by atoms with van der Waals surface area (Å²) in [4.78, 5) is 37.3. The predicted octanol–water partition coefficient (Wildman–Crippen LogP) is 1.82. The molecule has 2 aliphatic rings. The Morgan fingerprint density at radius 2 is 1.85 bits per heavy atom. The summed E-state index contributed by atoms with van der Waals surface area (Å²) < 4.78 is 0. The molecule has 7 nitrogen and oxygen atoms in total. The maximum Gasteiger partial charge on any atom is 0.319 e. The highest BCUT2D eigenvalue weighted by atomic mass is 16.2. The van der Waals surface area contributed by atoms with E-state index in [0.29, 0.717) is 6.54 Å². The lowest BCUT2D eigenvalue weighted by molar-refractivity contribution is -0.136. The number of pyridine rings is 1. The Bertz CT molecular complexity index is 678. The second-order valence-electron chi connectivity index (χ2n) is 7.79. The molecule has 2 aliphatic heterocycles. The molecule has 7 heteroatoms. The number of hydrogen-bond donors (Lipinski definition) is 0. The standard InChI is InChI=1S/C20H31N5O2/c1-16-14-21-8-7-18(16)23-10-5-11-24(13-12-23)19(26)17-6-4-9-25(15-17)20(27)22(2)3/h7-8,14,17H,4-6,9-13,15H2,1-3H3. The molecule has 2 fully saturated rings. The topological polar surface area (TPSA) is 60.0 Å². The zero-order chi connectivity index (χ0) is 19.4. The summed E-state index contributed by atoms with van der Waals surface area (Å²) in [5, 5.41) is 0. The number of piperidine rings is 1. The molecule has 0 saturated carbocycles. The third kappa shape index (κ3) is 4.51. The van der Waals surface area contributed by atoms with E-state index in [1.165, 1.54) is 11.3 Å². The Hall–Kier alpha value is -2.31. The summed E-state index contributed by atoms with van der Waals surface area (Å²) in [6.45, 7) is 6.68. The van der Waals surface area contributed by atoms with E-state index in [2.05, 4.69) is 22.9 Å². The maximum absolute atomic E-state index is 13.1. The van der Waals surface area contributed by atoms with Crippen molar-refractivity contribution in [2.75, 3.05) is 58.3 Å². The van der Waals surface area contributed by atoms with E-state index in [9.17, 15) is 9.59 Å². The number of anilines is 1. The minimum atomic E-state index is -0.0724. The molecule has 1 atom stereocenters. The molecular weight excluding hydrogens is 342 g/mol. The van der Waals surface area contributed by atoms with Crippen molar-refractivity contribution in [2.45, 2.75) is 26.2 Å². The van der Waals surface area contributed by atoms with Gasteiger partial charge in [-0.25, -0.2) is 4.79 Å². The number of aromatic nitrogens is 1. The van der Waals surface area contributed by atoms with Gasteiger partial charge in [0.15, 0.2) is 0 Å². The van der Waals surface area contributed by atoms with Gasteiger partial charge in [0.1, 0.15) is 0 Å². The molecule has 2 saturated heterocycles. The average molecular weight is 374 g/mol. The molecule has 27 heavy (non-hydrogen) atoms. The van der Waals surface area contributed by atoms with Gasteiger partial charge in [-0.3, -0.25) is 9.78 Å². The number of carbonyl (C=O) groups is 2. The molecule has 148 valence electrons. The maximum atomic E-state index is 13.1. The molecule has 0 N–H and O–H groups in total. The van der Waals surface area contributed by atoms with Gasteiger partial charge in [0.25, 0.3) is 0 Å². The highest BCUT2D eigenvalue weighted by Gasteiger charge is 2.32. The van der Waals surface area contributed by atoms with Gasteiger partial charge in [-0.2, -0.15) is 0 Å². The zero-order valence-corrected chi connectivity index (χ0v) is 16.7. The van der Waals surface area contributed by atoms with Crippen LogP contribution in [0.1, 0.15) is 24.8 Å². The van der Waals surface area contributed by atoms with Crippen molar-refractivity contribution in [1.82, 2.24) is 19.7 Å². The second kappa shape index (κ2) is 8.59. The lowest BCUT2D eigenvalue weighted by Crippen LogP contribution is -2.49. The number of nitrogens with zero attached hydrogens (tertiary/aromatic N) is 5. The van der Waals surface area contributed by atoms with Crippen LogP contribution in [0.2, 0.25) is 0 Å². The molecule has 0 aromatic carbocycles. The highest BCUT2D eigenvalue weighted by Crippen LogP contribution is 2.23. The Balaban J connectivity index is 1.61. The Morgan fingerprint density at radius 1 is 1.07 bits per heavy atom. The molecule has 0 radical (unpaired) electrons. The average Bonchev–Trinajstić information content (AvgIpc) is 2.93. The van der Waals surface area contributed by atoms with Gasteiger partial charge in [0, 0.05) is 71.4 Å². The van der Waals surface area contributed by atoms with E-state index in [-0.39, 0.29) is 17.9 Å². The van der Waals surface area contributed by atoms with Gasteiger partial charge in [-0.05, 0) is 37.8 Å². The lowest BCUT2D eigenvalue weighted by atomic mass is 9.96. The van der Waals surface area contributed by atoms with Crippen molar-refractivity contribution in [3.05, 3.63) is 24.0 Å². The van der Waals surface area contributed by atoms with E-state index in [4.69, 9.17) is 0 Å². The van der Waals surface area contributed by atoms with Gasteiger partial charge in [-0.1, -0.05) is 0 Å².